The van der Waals surface area contributed by atoms with Crippen LogP contribution in [0.1, 0.15) is 0 Å². The zero-order chi connectivity index (χ0) is 15.1. The topological polar surface area (TPSA) is 57.6 Å². The van der Waals surface area contributed by atoms with Crippen molar-refractivity contribution in [3.8, 4) is 0 Å². The minimum atomic E-state index is -1.14. The Morgan fingerprint density at radius 3 is 2.65 bits per heavy atom. The van der Waals surface area contributed by atoms with Crippen molar-refractivity contribution in [2.45, 2.75) is 4.90 Å². The Labute approximate surface area is 119 Å². The van der Waals surface area contributed by atoms with Crippen LogP contribution in [0.25, 0.3) is 0 Å². The van der Waals surface area contributed by atoms with Crippen molar-refractivity contribution in [1.29, 1.82) is 0 Å². The van der Waals surface area contributed by atoms with E-state index in [0.29, 0.717) is 0 Å². The number of carboxylic acid groups (broad SMARTS) is 1. The fraction of sp³-hybridized carbons (Fsp3) is 0.231. The maximum Gasteiger partial charge on any atom is 0.323 e. The van der Waals surface area contributed by atoms with Crippen molar-refractivity contribution in [2.75, 3.05) is 18.8 Å². The van der Waals surface area contributed by atoms with Gasteiger partial charge in [-0.2, -0.15) is 0 Å². The number of aliphatic carboxylic acids is 1. The summed E-state index contributed by atoms with van der Waals surface area (Å²) in [5, 5.41) is 8.68. The molecular weight excluding hydrogens is 288 g/mol. The predicted octanol–water partition coefficient (Wildman–Crippen LogP) is 2.16. The van der Waals surface area contributed by atoms with Gasteiger partial charge in [-0.3, -0.25) is 9.59 Å². The molecule has 4 nitrogen and oxygen atoms in total. The molecule has 0 atom stereocenters. The van der Waals surface area contributed by atoms with Crippen LogP contribution in [0.4, 0.5) is 8.78 Å². The van der Waals surface area contributed by atoms with Gasteiger partial charge in [-0.1, -0.05) is 6.08 Å². The number of hydrogen-bond donors (Lipinski definition) is 1. The van der Waals surface area contributed by atoms with E-state index in [1.165, 1.54) is 12.1 Å². The second kappa shape index (κ2) is 7.64. The van der Waals surface area contributed by atoms with Crippen molar-refractivity contribution in [3.63, 3.8) is 0 Å². The minimum absolute atomic E-state index is 0.0948. The van der Waals surface area contributed by atoms with Crippen LogP contribution in [0.15, 0.2) is 35.7 Å². The number of hydrogen-bond acceptors (Lipinski definition) is 3. The monoisotopic (exact) mass is 301 g/mol. The number of rotatable bonds is 7. The highest BCUT2D eigenvalue weighted by Gasteiger charge is 2.16. The van der Waals surface area contributed by atoms with Crippen molar-refractivity contribution >= 4 is 23.6 Å². The maximum atomic E-state index is 13.4. The third-order valence-corrected chi connectivity index (χ3v) is 3.31. The van der Waals surface area contributed by atoms with E-state index in [9.17, 15) is 18.4 Å². The molecule has 0 fully saturated rings. The van der Waals surface area contributed by atoms with Gasteiger partial charge in [-0.25, -0.2) is 8.78 Å². The SMILES string of the molecule is C=CCN(CC(=O)O)C(=O)CSc1ccc(F)cc1F. The molecule has 1 N–H and O–H groups in total. The minimum Gasteiger partial charge on any atom is -0.480 e. The Balaban J connectivity index is 2.64. The normalized spacial score (nSPS) is 10.1. The van der Waals surface area contributed by atoms with Gasteiger partial charge in [0.05, 0.1) is 5.75 Å². The number of benzene rings is 1. The summed E-state index contributed by atoms with van der Waals surface area (Å²) in [6.07, 6.45) is 1.41. The van der Waals surface area contributed by atoms with Crippen molar-refractivity contribution in [1.82, 2.24) is 4.90 Å². The van der Waals surface area contributed by atoms with Crippen LogP contribution in [0.5, 0.6) is 0 Å². The van der Waals surface area contributed by atoms with Crippen molar-refractivity contribution in [2.24, 2.45) is 0 Å². The van der Waals surface area contributed by atoms with Crippen LogP contribution in [0, 0.1) is 11.6 Å². The first kappa shape index (κ1) is 16.2. The second-order valence-corrected chi connectivity index (χ2v) is 4.84. The first-order chi connectivity index (χ1) is 9.43. The quantitative estimate of drug-likeness (QED) is 0.619. The highest BCUT2D eigenvalue weighted by Crippen LogP contribution is 2.22. The average molecular weight is 301 g/mol. The molecule has 1 aromatic carbocycles. The third-order valence-electron chi connectivity index (χ3n) is 2.27. The number of carbonyl (C=O) groups is 2. The molecular formula is C13H13F2NO3S. The van der Waals surface area contributed by atoms with Gasteiger partial charge in [0.15, 0.2) is 0 Å². The van der Waals surface area contributed by atoms with Crippen LogP contribution in [-0.4, -0.2) is 40.7 Å². The van der Waals surface area contributed by atoms with Crippen molar-refractivity contribution < 1.29 is 23.5 Å². The fourth-order valence-corrected chi connectivity index (χ4v) is 2.22. The lowest BCUT2D eigenvalue weighted by Gasteiger charge is -2.18. The van der Waals surface area contributed by atoms with Gasteiger partial charge in [0.25, 0.3) is 0 Å². The fourth-order valence-electron chi connectivity index (χ4n) is 1.40. The number of carboxylic acids is 1. The van der Waals surface area contributed by atoms with Crippen LogP contribution in [0.3, 0.4) is 0 Å². The largest absolute Gasteiger partial charge is 0.480 e. The van der Waals surface area contributed by atoms with Gasteiger partial charge >= 0.3 is 5.97 Å². The molecule has 0 spiro atoms. The summed E-state index contributed by atoms with van der Waals surface area (Å²) in [5.41, 5.74) is 0. The zero-order valence-corrected chi connectivity index (χ0v) is 11.3. The van der Waals surface area contributed by atoms with Crippen LogP contribution < -0.4 is 0 Å². The van der Waals surface area contributed by atoms with Crippen LogP contribution in [0.2, 0.25) is 0 Å². The predicted molar refractivity (Wildman–Crippen MR) is 71.5 cm³/mol. The van der Waals surface area contributed by atoms with E-state index in [-0.39, 0.29) is 17.2 Å². The van der Waals surface area contributed by atoms with Gasteiger partial charge < -0.3 is 10.0 Å². The summed E-state index contributed by atoms with van der Waals surface area (Å²) in [7, 11) is 0. The molecule has 0 aliphatic carbocycles. The zero-order valence-electron chi connectivity index (χ0n) is 10.5. The number of halogens is 2. The van der Waals surface area contributed by atoms with E-state index in [1.807, 2.05) is 0 Å². The molecule has 108 valence electrons. The van der Waals surface area contributed by atoms with Crippen LogP contribution >= 0.6 is 11.8 Å². The molecule has 1 rings (SSSR count). The number of amides is 1. The van der Waals surface area contributed by atoms with E-state index in [1.54, 1.807) is 0 Å². The summed E-state index contributed by atoms with van der Waals surface area (Å²) < 4.78 is 26.1. The van der Waals surface area contributed by atoms with E-state index in [4.69, 9.17) is 5.11 Å². The van der Waals surface area contributed by atoms with E-state index >= 15 is 0 Å². The molecule has 0 radical (unpaired) electrons. The highest BCUT2D eigenvalue weighted by atomic mass is 32.2. The molecule has 0 unspecified atom stereocenters. The molecule has 0 aliphatic rings. The molecule has 0 aromatic heterocycles. The molecule has 0 bridgehead atoms. The van der Waals surface area contributed by atoms with Gasteiger partial charge in [-0.15, -0.1) is 18.3 Å². The Bertz CT molecular complexity index is 522. The highest BCUT2D eigenvalue weighted by molar-refractivity contribution is 8.00. The summed E-state index contributed by atoms with van der Waals surface area (Å²) >= 11 is 0.885. The van der Waals surface area contributed by atoms with Gasteiger partial charge in [-0.05, 0) is 12.1 Å². The molecule has 7 heteroatoms. The molecule has 0 saturated carbocycles. The maximum absolute atomic E-state index is 13.4. The lowest BCUT2D eigenvalue weighted by molar-refractivity contribution is -0.143. The molecule has 1 amide bonds. The Morgan fingerprint density at radius 2 is 2.10 bits per heavy atom. The van der Waals surface area contributed by atoms with Gasteiger partial charge in [0.1, 0.15) is 18.2 Å². The van der Waals surface area contributed by atoms with E-state index in [2.05, 4.69) is 6.58 Å². The lowest BCUT2D eigenvalue weighted by atomic mass is 10.3. The molecule has 1 aromatic rings. The first-order valence-corrected chi connectivity index (χ1v) is 6.61. The Morgan fingerprint density at radius 1 is 1.40 bits per heavy atom. The summed E-state index contributed by atoms with van der Waals surface area (Å²) in [6.45, 7) is 3.08. The summed E-state index contributed by atoms with van der Waals surface area (Å²) in [6, 6.07) is 3.05. The molecule has 0 aliphatic heterocycles. The van der Waals surface area contributed by atoms with E-state index in [0.717, 1.165) is 28.8 Å². The summed E-state index contributed by atoms with van der Waals surface area (Å²) in [4.78, 5) is 23.7. The van der Waals surface area contributed by atoms with Gasteiger partial charge in [0.2, 0.25) is 5.91 Å². The first-order valence-electron chi connectivity index (χ1n) is 5.62. The third kappa shape index (κ3) is 5.00. The average Bonchev–Trinajstić information content (AvgIpc) is 2.36. The number of carbonyl (C=O) groups excluding carboxylic acids is 1. The number of nitrogens with zero attached hydrogens (tertiary/aromatic N) is 1. The van der Waals surface area contributed by atoms with Gasteiger partial charge in [0, 0.05) is 17.5 Å². The smallest absolute Gasteiger partial charge is 0.323 e. The number of thioether (sulfide) groups is 1. The lowest BCUT2D eigenvalue weighted by Crippen LogP contribution is -2.36. The Kier molecular flexibility index (Phi) is 6.17. The standard InChI is InChI=1S/C13H13F2NO3S/c1-2-5-16(7-13(18)19)12(17)8-20-11-4-3-9(14)6-10(11)15/h2-4,6H,1,5,7-8H2,(H,18,19). The molecule has 20 heavy (non-hydrogen) atoms. The van der Waals surface area contributed by atoms with E-state index < -0.39 is 30.1 Å². The molecule has 0 saturated heterocycles. The summed E-state index contributed by atoms with van der Waals surface area (Å²) in [5.74, 6) is -3.18. The Hall–Kier alpha value is -1.89. The van der Waals surface area contributed by atoms with Crippen molar-refractivity contribution in [3.05, 3.63) is 42.5 Å². The molecule has 0 heterocycles. The second-order valence-electron chi connectivity index (χ2n) is 3.82. The van der Waals surface area contributed by atoms with Crippen LogP contribution in [-0.2, 0) is 9.59 Å².